The number of benzene rings is 1. The lowest BCUT2D eigenvalue weighted by molar-refractivity contribution is 0.255. The van der Waals surface area contributed by atoms with E-state index in [0.717, 1.165) is 24.5 Å². The molecule has 5 heteroatoms. The van der Waals surface area contributed by atoms with Crippen molar-refractivity contribution in [3.8, 4) is 0 Å². The monoisotopic (exact) mass is 344 g/mol. The van der Waals surface area contributed by atoms with Gasteiger partial charge in [-0.25, -0.2) is 4.99 Å². The van der Waals surface area contributed by atoms with E-state index in [1.54, 1.807) is 11.8 Å². The Kier molecular flexibility index (Phi) is 7.53. The predicted molar refractivity (Wildman–Crippen MR) is 106 cm³/mol. The number of nitrogens with two attached hydrogens (primary N) is 1. The minimum Gasteiger partial charge on any atom is -0.350 e. The summed E-state index contributed by atoms with van der Waals surface area (Å²) >= 11 is 1.81. The lowest BCUT2D eigenvalue weighted by Gasteiger charge is -2.33. The van der Waals surface area contributed by atoms with Crippen molar-refractivity contribution < 1.29 is 0 Å². The van der Waals surface area contributed by atoms with Crippen LogP contribution in [0.15, 0.2) is 51.0 Å². The van der Waals surface area contributed by atoms with Crippen LogP contribution in [0.3, 0.4) is 0 Å². The van der Waals surface area contributed by atoms with E-state index in [9.17, 15) is 0 Å². The Morgan fingerprint density at radius 1 is 1.38 bits per heavy atom. The molecule has 1 atom stereocenters. The topological polar surface area (TPSA) is 54.0 Å². The minimum atomic E-state index is 0.297. The van der Waals surface area contributed by atoms with Crippen LogP contribution in [0.4, 0.5) is 0 Å². The van der Waals surface area contributed by atoms with Gasteiger partial charge in [0, 0.05) is 23.2 Å². The van der Waals surface area contributed by atoms with Gasteiger partial charge in [-0.15, -0.1) is 11.8 Å². The third-order valence-electron chi connectivity index (χ3n) is 4.39. The van der Waals surface area contributed by atoms with Gasteiger partial charge < -0.3 is 10.6 Å². The molecule has 0 amide bonds. The number of allylic oxidation sites excluding steroid dienone is 1. The molecule has 0 radical (unpaired) electrons. The average Bonchev–Trinajstić information content (AvgIpc) is 2.85. The zero-order chi connectivity index (χ0) is 17.4. The van der Waals surface area contributed by atoms with E-state index in [2.05, 4.69) is 52.1 Å². The molecule has 0 spiro atoms. The fourth-order valence-corrected chi connectivity index (χ4v) is 3.90. The first-order valence-electron chi connectivity index (χ1n) is 8.50. The van der Waals surface area contributed by atoms with Gasteiger partial charge in [-0.2, -0.15) is 0 Å². The van der Waals surface area contributed by atoms with Gasteiger partial charge in [-0.3, -0.25) is 4.99 Å². The highest BCUT2D eigenvalue weighted by Crippen LogP contribution is 2.37. The zero-order valence-corrected chi connectivity index (χ0v) is 15.6. The van der Waals surface area contributed by atoms with Crippen LogP contribution in [0, 0.1) is 0 Å². The van der Waals surface area contributed by atoms with Crippen LogP contribution in [0.5, 0.6) is 0 Å². The number of hydrogen-bond acceptors (Lipinski definition) is 5. The standard InChI is InChI=1S/C19H28N4S/c1-15(22-14-20)13-19(21-2)23-12-8-4-5-10-17(23)16-9-6-7-11-18(16)24-3/h6-7,9,11,13,17H,2,4-5,8,10,12,14,20H2,1,3H3/b19-13+,22-15?. The summed E-state index contributed by atoms with van der Waals surface area (Å²) < 4.78 is 0. The summed E-state index contributed by atoms with van der Waals surface area (Å²) in [5.74, 6) is 0.896. The van der Waals surface area contributed by atoms with Gasteiger partial charge in [0.05, 0.1) is 12.7 Å². The predicted octanol–water partition coefficient (Wildman–Crippen LogP) is 4.24. The first-order chi connectivity index (χ1) is 11.7. The van der Waals surface area contributed by atoms with Gasteiger partial charge in [0.1, 0.15) is 5.82 Å². The van der Waals surface area contributed by atoms with Crippen molar-refractivity contribution >= 4 is 24.2 Å². The van der Waals surface area contributed by atoms with E-state index < -0.39 is 0 Å². The van der Waals surface area contributed by atoms with E-state index in [0.29, 0.717) is 12.7 Å². The van der Waals surface area contributed by atoms with Crippen LogP contribution in [0.25, 0.3) is 0 Å². The summed E-state index contributed by atoms with van der Waals surface area (Å²) in [6.45, 7) is 7.05. The smallest absolute Gasteiger partial charge is 0.130 e. The minimum absolute atomic E-state index is 0.297. The second kappa shape index (κ2) is 9.64. The van der Waals surface area contributed by atoms with Crippen LogP contribution in [0.2, 0.25) is 0 Å². The van der Waals surface area contributed by atoms with Crippen LogP contribution < -0.4 is 5.73 Å². The molecule has 1 aliphatic heterocycles. The van der Waals surface area contributed by atoms with E-state index in [1.807, 2.05) is 13.0 Å². The van der Waals surface area contributed by atoms with Gasteiger partial charge in [-0.1, -0.05) is 31.0 Å². The Labute approximate surface area is 149 Å². The zero-order valence-electron chi connectivity index (χ0n) is 14.7. The SMILES string of the molecule is C=N/C(=C\C(C)=NCN)N1CCCCCC1c1ccccc1SC. The number of thioether (sulfide) groups is 1. The summed E-state index contributed by atoms with van der Waals surface area (Å²) in [7, 11) is 0. The maximum absolute atomic E-state index is 5.53. The number of rotatable bonds is 6. The molecule has 130 valence electrons. The summed E-state index contributed by atoms with van der Waals surface area (Å²) in [6, 6.07) is 9.02. The Hall–Kier alpha value is -1.59. The lowest BCUT2D eigenvalue weighted by Crippen LogP contribution is -2.28. The van der Waals surface area contributed by atoms with Gasteiger partial charge in [0.15, 0.2) is 0 Å². The van der Waals surface area contributed by atoms with Gasteiger partial charge >= 0.3 is 0 Å². The Balaban J connectivity index is 2.42. The molecule has 1 aromatic rings. The van der Waals surface area contributed by atoms with Crippen molar-refractivity contribution in [1.29, 1.82) is 0 Å². The van der Waals surface area contributed by atoms with E-state index in [1.165, 1.54) is 29.7 Å². The highest BCUT2D eigenvalue weighted by atomic mass is 32.2. The average molecular weight is 345 g/mol. The van der Waals surface area contributed by atoms with Crippen LogP contribution in [-0.4, -0.2) is 36.8 Å². The molecule has 0 aromatic heterocycles. The second-order valence-corrected chi connectivity index (χ2v) is 6.79. The molecule has 2 N–H and O–H groups in total. The molecule has 1 aliphatic rings. The Bertz CT molecular complexity index is 609. The fourth-order valence-electron chi connectivity index (χ4n) is 3.24. The second-order valence-electron chi connectivity index (χ2n) is 5.94. The van der Waals surface area contributed by atoms with Gasteiger partial charge in [-0.05, 0) is 44.4 Å². The molecular weight excluding hydrogens is 316 g/mol. The highest BCUT2D eigenvalue weighted by molar-refractivity contribution is 7.98. The van der Waals surface area contributed by atoms with Crippen molar-refractivity contribution in [2.24, 2.45) is 15.7 Å². The third kappa shape index (κ3) is 4.71. The largest absolute Gasteiger partial charge is 0.350 e. The fraction of sp³-hybridized carbons (Fsp3) is 0.474. The van der Waals surface area contributed by atoms with E-state index in [-0.39, 0.29) is 0 Å². The molecule has 1 saturated heterocycles. The van der Waals surface area contributed by atoms with Crippen LogP contribution in [0.1, 0.15) is 44.2 Å². The number of likely N-dealkylation sites (tertiary alicyclic amines) is 1. The van der Waals surface area contributed by atoms with Crippen molar-refractivity contribution in [1.82, 2.24) is 4.90 Å². The van der Waals surface area contributed by atoms with Crippen LogP contribution in [-0.2, 0) is 0 Å². The molecular formula is C19H28N4S. The number of hydrogen-bond donors (Lipinski definition) is 1. The molecule has 0 aliphatic carbocycles. The number of aliphatic imine (C=N–C) groups is 2. The molecule has 24 heavy (non-hydrogen) atoms. The summed E-state index contributed by atoms with van der Waals surface area (Å²) in [5.41, 5.74) is 7.80. The van der Waals surface area contributed by atoms with Crippen molar-refractivity contribution in [2.75, 3.05) is 19.5 Å². The molecule has 1 heterocycles. The van der Waals surface area contributed by atoms with E-state index >= 15 is 0 Å². The molecule has 1 fully saturated rings. The molecule has 1 unspecified atom stereocenters. The van der Waals surface area contributed by atoms with Gasteiger partial charge in [0.2, 0.25) is 0 Å². The quantitative estimate of drug-likeness (QED) is 0.620. The molecule has 0 saturated carbocycles. The summed E-state index contributed by atoms with van der Waals surface area (Å²) in [6.07, 6.45) is 8.95. The van der Waals surface area contributed by atoms with Crippen molar-refractivity contribution in [3.05, 3.63) is 41.7 Å². The molecule has 2 rings (SSSR count). The van der Waals surface area contributed by atoms with Gasteiger partial charge in [0.25, 0.3) is 0 Å². The highest BCUT2D eigenvalue weighted by Gasteiger charge is 2.25. The lowest BCUT2D eigenvalue weighted by atomic mass is 10.0. The molecule has 0 bridgehead atoms. The Morgan fingerprint density at radius 2 is 2.17 bits per heavy atom. The number of nitrogens with zero attached hydrogens (tertiary/aromatic N) is 3. The van der Waals surface area contributed by atoms with Crippen LogP contribution >= 0.6 is 11.8 Å². The maximum Gasteiger partial charge on any atom is 0.130 e. The summed E-state index contributed by atoms with van der Waals surface area (Å²) in [4.78, 5) is 12.3. The third-order valence-corrected chi connectivity index (χ3v) is 5.20. The van der Waals surface area contributed by atoms with E-state index in [4.69, 9.17) is 5.73 Å². The first-order valence-corrected chi connectivity index (χ1v) is 9.72. The summed E-state index contributed by atoms with van der Waals surface area (Å²) in [5, 5.41) is 0. The first kappa shape index (κ1) is 18.7. The van der Waals surface area contributed by atoms with Crippen molar-refractivity contribution in [2.45, 2.75) is 43.5 Å². The molecule has 1 aromatic carbocycles. The maximum atomic E-state index is 5.53. The normalized spacial score (nSPS) is 20.0. The molecule has 4 nitrogen and oxygen atoms in total. The van der Waals surface area contributed by atoms with Crippen molar-refractivity contribution in [3.63, 3.8) is 0 Å². The Morgan fingerprint density at radius 3 is 2.88 bits per heavy atom.